The van der Waals surface area contributed by atoms with E-state index in [1.54, 1.807) is 6.08 Å². The number of benzene rings is 1. The topological polar surface area (TPSA) is 74.8 Å². The number of aliphatic imine (C=N–C) groups is 1. The summed E-state index contributed by atoms with van der Waals surface area (Å²) in [6.07, 6.45) is 4.02. The van der Waals surface area contributed by atoms with Gasteiger partial charge in [-0.25, -0.2) is 4.99 Å². The lowest BCUT2D eigenvalue weighted by atomic mass is 10.1. The van der Waals surface area contributed by atoms with Crippen LogP contribution in [0.15, 0.2) is 41.9 Å². The zero-order valence-electron chi connectivity index (χ0n) is 15.3. The second kappa shape index (κ2) is 12.7. The lowest BCUT2D eigenvalue weighted by Crippen LogP contribution is -2.37. The summed E-state index contributed by atoms with van der Waals surface area (Å²) in [5, 5.41) is 9.28. The van der Waals surface area contributed by atoms with E-state index in [0.29, 0.717) is 25.2 Å². The molecule has 1 aromatic carbocycles. The van der Waals surface area contributed by atoms with Gasteiger partial charge in [0.1, 0.15) is 0 Å². The van der Waals surface area contributed by atoms with Gasteiger partial charge >= 0.3 is 0 Å². The number of amides is 1. The minimum Gasteiger partial charge on any atom is -0.376 e. The number of hydrogen-bond acceptors (Lipinski definition) is 3. The van der Waals surface area contributed by atoms with Crippen molar-refractivity contribution in [1.82, 2.24) is 16.0 Å². The molecule has 1 heterocycles. The first kappa shape index (κ1) is 22.4. The third-order valence-electron chi connectivity index (χ3n) is 3.88. The highest BCUT2D eigenvalue weighted by Gasteiger charge is 2.16. The third-order valence-corrected chi connectivity index (χ3v) is 3.88. The van der Waals surface area contributed by atoms with E-state index in [2.05, 4.69) is 27.5 Å². The van der Waals surface area contributed by atoms with E-state index in [0.717, 1.165) is 37.5 Å². The predicted molar refractivity (Wildman–Crippen MR) is 116 cm³/mol. The average molecular weight is 472 g/mol. The fraction of sp³-hybridized carbons (Fsp3) is 0.474. The van der Waals surface area contributed by atoms with Crippen LogP contribution in [0, 0.1) is 0 Å². The largest absolute Gasteiger partial charge is 0.376 e. The van der Waals surface area contributed by atoms with Crippen molar-refractivity contribution in [3.63, 3.8) is 0 Å². The van der Waals surface area contributed by atoms with Gasteiger partial charge in [0.2, 0.25) is 0 Å². The molecule has 0 bridgehead atoms. The summed E-state index contributed by atoms with van der Waals surface area (Å²) >= 11 is 0. The number of guanidine groups is 1. The number of carbonyl (C=O) groups excluding carboxylic acids is 1. The van der Waals surface area contributed by atoms with Gasteiger partial charge in [-0.2, -0.15) is 0 Å². The Bertz CT molecular complexity index is 601. The zero-order valence-corrected chi connectivity index (χ0v) is 17.6. The van der Waals surface area contributed by atoms with Crippen LogP contribution in [0.3, 0.4) is 0 Å². The minimum absolute atomic E-state index is 0. The molecule has 1 atom stereocenters. The van der Waals surface area contributed by atoms with Gasteiger partial charge in [0.05, 0.1) is 12.6 Å². The summed E-state index contributed by atoms with van der Waals surface area (Å²) < 4.78 is 5.53. The summed E-state index contributed by atoms with van der Waals surface area (Å²) in [7, 11) is 0. The van der Waals surface area contributed by atoms with Crippen molar-refractivity contribution in [2.45, 2.75) is 32.4 Å². The highest BCUT2D eigenvalue weighted by atomic mass is 127. The maximum Gasteiger partial charge on any atom is 0.251 e. The Morgan fingerprint density at radius 3 is 2.92 bits per heavy atom. The lowest BCUT2D eigenvalue weighted by Gasteiger charge is -2.11. The molecular formula is C19H29IN4O2. The van der Waals surface area contributed by atoms with Crippen LogP contribution in [0.1, 0.15) is 35.7 Å². The van der Waals surface area contributed by atoms with Gasteiger partial charge in [0, 0.05) is 31.8 Å². The maximum atomic E-state index is 12.3. The zero-order chi connectivity index (χ0) is 17.9. The summed E-state index contributed by atoms with van der Waals surface area (Å²) in [6.45, 7) is 9.00. The van der Waals surface area contributed by atoms with Crippen LogP contribution in [0.5, 0.6) is 0 Å². The van der Waals surface area contributed by atoms with Crippen molar-refractivity contribution in [1.29, 1.82) is 0 Å². The first-order valence-electron chi connectivity index (χ1n) is 8.84. The summed E-state index contributed by atoms with van der Waals surface area (Å²) in [5.41, 5.74) is 1.63. The van der Waals surface area contributed by atoms with Crippen molar-refractivity contribution in [3.8, 4) is 0 Å². The van der Waals surface area contributed by atoms with Crippen molar-refractivity contribution in [3.05, 3.63) is 48.0 Å². The van der Waals surface area contributed by atoms with Gasteiger partial charge in [-0.05, 0) is 37.5 Å². The molecule has 3 N–H and O–H groups in total. The molecule has 1 aromatic rings. The standard InChI is InChI=1S/C19H28N4O2.HI/c1-3-10-21-19(20-4-2)23-13-15-7-5-8-16(12-15)18(24)22-14-17-9-6-11-25-17;/h3,5,7-8,12,17H,1,4,6,9-11,13-14H2,2H3,(H,22,24)(H2,20,21,23);1H. The number of hydrogen-bond donors (Lipinski definition) is 3. The molecule has 0 spiro atoms. The molecule has 1 unspecified atom stereocenters. The molecule has 0 aromatic heterocycles. The van der Waals surface area contributed by atoms with Crippen LogP contribution in [0.2, 0.25) is 0 Å². The summed E-state index contributed by atoms with van der Waals surface area (Å²) in [6, 6.07) is 7.55. The number of nitrogens with one attached hydrogen (secondary N) is 3. The van der Waals surface area contributed by atoms with E-state index < -0.39 is 0 Å². The fourth-order valence-corrected chi connectivity index (χ4v) is 2.61. The van der Waals surface area contributed by atoms with Crippen molar-refractivity contribution in [2.24, 2.45) is 4.99 Å². The van der Waals surface area contributed by atoms with E-state index in [4.69, 9.17) is 4.74 Å². The first-order chi connectivity index (χ1) is 12.2. The molecule has 1 amide bonds. The van der Waals surface area contributed by atoms with E-state index in [1.807, 2.05) is 31.2 Å². The number of nitrogens with zero attached hydrogens (tertiary/aromatic N) is 1. The first-order valence-corrected chi connectivity index (χ1v) is 8.84. The van der Waals surface area contributed by atoms with Crippen LogP contribution in [-0.4, -0.2) is 44.2 Å². The van der Waals surface area contributed by atoms with Gasteiger partial charge in [-0.1, -0.05) is 18.2 Å². The molecule has 7 heteroatoms. The van der Waals surface area contributed by atoms with E-state index >= 15 is 0 Å². The van der Waals surface area contributed by atoms with Crippen LogP contribution in [-0.2, 0) is 11.3 Å². The second-order valence-electron chi connectivity index (χ2n) is 5.91. The monoisotopic (exact) mass is 472 g/mol. The lowest BCUT2D eigenvalue weighted by molar-refractivity contribution is 0.0857. The number of carbonyl (C=O) groups is 1. The van der Waals surface area contributed by atoms with Gasteiger partial charge in [-0.3, -0.25) is 4.79 Å². The Kier molecular flexibility index (Phi) is 11.0. The Hall–Kier alpha value is -1.61. The normalized spacial score (nSPS) is 16.5. The molecular weight excluding hydrogens is 443 g/mol. The Morgan fingerprint density at radius 1 is 1.38 bits per heavy atom. The quantitative estimate of drug-likeness (QED) is 0.235. The smallest absolute Gasteiger partial charge is 0.251 e. The molecule has 6 nitrogen and oxygen atoms in total. The van der Waals surface area contributed by atoms with Crippen molar-refractivity contribution in [2.75, 3.05) is 26.2 Å². The van der Waals surface area contributed by atoms with Gasteiger partial charge in [0.15, 0.2) is 5.96 Å². The third kappa shape index (κ3) is 7.74. The van der Waals surface area contributed by atoms with Gasteiger partial charge in [-0.15, -0.1) is 30.6 Å². The SMILES string of the molecule is C=CCNC(=NCc1cccc(C(=O)NCC2CCCO2)c1)NCC.I. The summed E-state index contributed by atoms with van der Waals surface area (Å²) in [5.74, 6) is 0.661. The molecule has 0 radical (unpaired) electrons. The Balaban J connectivity index is 0.00000338. The summed E-state index contributed by atoms with van der Waals surface area (Å²) in [4.78, 5) is 16.8. The van der Waals surface area contributed by atoms with Gasteiger partial charge < -0.3 is 20.7 Å². The predicted octanol–water partition coefficient (Wildman–Crippen LogP) is 2.45. The molecule has 0 saturated carbocycles. The fourth-order valence-electron chi connectivity index (χ4n) is 2.61. The van der Waals surface area contributed by atoms with Crippen LogP contribution < -0.4 is 16.0 Å². The highest BCUT2D eigenvalue weighted by Crippen LogP contribution is 2.11. The van der Waals surface area contributed by atoms with Gasteiger partial charge in [0.25, 0.3) is 5.91 Å². The molecule has 1 saturated heterocycles. The number of halogens is 1. The van der Waals surface area contributed by atoms with Crippen molar-refractivity contribution < 1.29 is 9.53 Å². The molecule has 26 heavy (non-hydrogen) atoms. The molecule has 1 aliphatic heterocycles. The van der Waals surface area contributed by atoms with Crippen molar-refractivity contribution >= 4 is 35.8 Å². The Morgan fingerprint density at radius 2 is 2.23 bits per heavy atom. The van der Waals surface area contributed by atoms with E-state index in [-0.39, 0.29) is 36.0 Å². The molecule has 0 aliphatic carbocycles. The van der Waals surface area contributed by atoms with E-state index in [1.165, 1.54) is 0 Å². The Labute approximate surface area is 172 Å². The van der Waals surface area contributed by atoms with E-state index in [9.17, 15) is 4.79 Å². The maximum absolute atomic E-state index is 12.3. The minimum atomic E-state index is -0.0713. The van der Waals surface area contributed by atoms with Crippen LogP contribution >= 0.6 is 24.0 Å². The molecule has 2 rings (SSSR count). The van der Waals surface area contributed by atoms with Crippen LogP contribution in [0.25, 0.3) is 0 Å². The number of ether oxygens (including phenoxy) is 1. The van der Waals surface area contributed by atoms with Crippen LogP contribution in [0.4, 0.5) is 0 Å². The highest BCUT2D eigenvalue weighted by molar-refractivity contribution is 14.0. The average Bonchev–Trinajstić information content (AvgIpc) is 3.16. The second-order valence-corrected chi connectivity index (χ2v) is 5.91. The molecule has 144 valence electrons. The molecule has 1 aliphatic rings. The molecule has 1 fully saturated rings. The number of rotatable bonds is 8.